The van der Waals surface area contributed by atoms with Crippen LogP contribution in [0.25, 0.3) is 0 Å². The van der Waals surface area contributed by atoms with E-state index >= 15 is 0 Å². The Morgan fingerprint density at radius 1 is 0.898 bits per heavy atom. The summed E-state index contributed by atoms with van der Waals surface area (Å²) in [5.41, 5.74) is 6.03. The smallest absolute Gasteiger partial charge is 0.245 e. The molecule has 6 N–H and O–H groups in total. The summed E-state index contributed by atoms with van der Waals surface area (Å²) in [5.74, 6) is -3.80. The van der Waals surface area contributed by atoms with E-state index in [0.717, 1.165) is 6.42 Å². The van der Waals surface area contributed by atoms with Crippen molar-refractivity contribution in [2.75, 3.05) is 47.9 Å². The quantitative estimate of drug-likeness (QED) is 0.108. The maximum atomic E-state index is 14.4. The molecule has 0 unspecified atom stereocenters. The molecule has 1 heterocycles. The van der Waals surface area contributed by atoms with Crippen LogP contribution in [0.1, 0.15) is 92.7 Å². The van der Waals surface area contributed by atoms with E-state index in [1.807, 2.05) is 45.9 Å². The van der Waals surface area contributed by atoms with Crippen molar-refractivity contribution in [3.05, 3.63) is 35.9 Å². The lowest BCUT2D eigenvalue weighted by Crippen LogP contribution is -2.60. The first-order valence-corrected chi connectivity index (χ1v) is 20.9. The molecule has 16 heteroatoms. The standard InChI is InChI=1S/C43H73N7O9/c1-13-27(6)38(49(10)43(57)36(25(2)3)47-42(56)37(26(4)5)48(9)35(53)24-45-33(51)23-44)32(58-11)22-34(52)50-21-17-20-31(50)40(59-12)28(7)41(55)46-29(8)39(54)30-18-15-14-16-19-30/h14-16,18-19,25-29,31-32,36-40,54H,13,17,20-24,44H2,1-12H3,(H,45,51)(H,46,55)(H,47,56)/t27-,28+,29+,31-,32+,36-,37-,38-,39+,40+/m0/s1. The third kappa shape index (κ3) is 13.7. The molecule has 1 aromatic carbocycles. The van der Waals surface area contributed by atoms with Gasteiger partial charge in [0.1, 0.15) is 12.1 Å². The molecular formula is C43H73N7O9. The number of likely N-dealkylation sites (N-methyl/N-ethyl adjacent to an activating group) is 2. The summed E-state index contributed by atoms with van der Waals surface area (Å²) in [6.07, 6.45) is -0.271. The van der Waals surface area contributed by atoms with E-state index in [9.17, 15) is 33.9 Å². The molecule has 0 radical (unpaired) electrons. The molecule has 1 aromatic rings. The predicted octanol–water partition coefficient (Wildman–Crippen LogP) is 1.84. The number of hydrogen-bond acceptors (Lipinski definition) is 10. The highest BCUT2D eigenvalue weighted by Gasteiger charge is 2.43. The van der Waals surface area contributed by atoms with Crippen molar-refractivity contribution in [1.29, 1.82) is 0 Å². The molecule has 6 amide bonds. The number of rotatable bonds is 23. The Hall–Kier alpha value is -4.12. The molecule has 1 saturated heterocycles. The highest BCUT2D eigenvalue weighted by atomic mass is 16.5. The van der Waals surface area contributed by atoms with Gasteiger partial charge in [-0.25, -0.2) is 0 Å². The van der Waals surface area contributed by atoms with Gasteiger partial charge in [0, 0.05) is 34.9 Å². The van der Waals surface area contributed by atoms with Crippen molar-refractivity contribution < 1.29 is 43.3 Å². The number of aliphatic hydroxyl groups is 1. The van der Waals surface area contributed by atoms with Crippen LogP contribution in [-0.4, -0.2) is 146 Å². The van der Waals surface area contributed by atoms with Crippen LogP contribution in [-0.2, 0) is 38.2 Å². The number of amides is 6. The number of benzene rings is 1. The molecular weight excluding hydrogens is 759 g/mol. The van der Waals surface area contributed by atoms with Gasteiger partial charge >= 0.3 is 0 Å². The zero-order valence-electron chi connectivity index (χ0n) is 37.4. The van der Waals surface area contributed by atoms with E-state index in [1.165, 1.54) is 26.2 Å². The number of likely N-dealkylation sites (tertiary alicyclic amines) is 1. The molecule has 0 saturated carbocycles. The fourth-order valence-electron chi connectivity index (χ4n) is 8.10. The highest BCUT2D eigenvalue weighted by Crippen LogP contribution is 2.30. The van der Waals surface area contributed by atoms with Crippen molar-refractivity contribution in [1.82, 2.24) is 30.7 Å². The normalized spacial score (nSPS) is 18.8. The Morgan fingerprint density at radius 2 is 1.53 bits per heavy atom. The van der Waals surface area contributed by atoms with Gasteiger partial charge in [0.15, 0.2) is 0 Å². The van der Waals surface area contributed by atoms with Crippen molar-refractivity contribution in [2.45, 2.75) is 130 Å². The van der Waals surface area contributed by atoms with Gasteiger partial charge in [-0.1, -0.05) is 85.2 Å². The maximum Gasteiger partial charge on any atom is 0.245 e. The van der Waals surface area contributed by atoms with Crippen LogP contribution in [0.3, 0.4) is 0 Å². The summed E-state index contributed by atoms with van der Waals surface area (Å²) in [7, 11) is 6.18. The topological polar surface area (TPSA) is 213 Å². The van der Waals surface area contributed by atoms with E-state index < -0.39 is 72.2 Å². The molecule has 10 atom stereocenters. The van der Waals surface area contributed by atoms with Crippen LogP contribution in [0.4, 0.5) is 0 Å². The van der Waals surface area contributed by atoms with Gasteiger partial charge in [-0.15, -0.1) is 0 Å². The maximum absolute atomic E-state index is 14.4. The van der Waals surface area contributed by atoms with E-state index in [2.05, 4.69) is 16.0 Å². The third-order valence-electron chi connectivity index (χ3n) is 11.8. The number of ether oxygens (including phenoxy) is 2. The third-order valence-corrected chi connectivity index (χ3v) is 11.8. The summed E-state index contributed by atoms with van der Waals surface area (Å²) >= 11 is 0. The Bertz CT molecular complexity index is 1530. The molecule has 0 aromatic heterocycles. The van der Waals surface area contributed by atoms with Crippen molar-refractivity contribution >= 4 is 35.4 Å². The summed E-state index contributed by atoms with van der Waals surface area (Å²) in [4.78, 5) is 85.2. The molecule has 1 aliphatic heterocycles. The minimum Gasteiger partial charge on any atom is -0.386 e. The zero-order valence-corrected chi connectivity index (χ0v) is 37.4. The number of carbonyl (C=O) groups is 6. The van der Waals surface area contributed by atoms with Gasteiger partial charge in [-0.3, -0.25) is 28.8 Å². The zero-order chi connectivity index (χ0) is 44.7. The Balaban J connectivity index is 2.27. The fraction of sp³-hybridized carbons (Fsp3) is 0.721. The van der Waals surface area contributed by atoms with Gasteiger partial charge in [0.25, 0.3) is 0 Å². The lowest BCUT2D eigenvalue weighted by molar-refractivity contribution is -0.148. The van der Waals surface area contributed by atoms with Gasteiger partial charge in [-0.2, -0.15) is 0 Å². The number of methoxy groups -OCH3 is 2. The number of hydrogen-bond donors (Lipinski definition) is 5. The fourth-order valence-corrected chi connectivity index (χ4v) is 8.10. The molecule has 59 heavy (non-hydrogen) atoms. The molecule has 334 valence electrons. The SMILES string of the molecule is CC[C@H](C)[C@@H]([C@@H](CC(=O)N1CCC[C@H]1[C@H](OC)[C@@H](C)C(=O)N[C@H](C)[C@@H](O)c1ccccc1)OC)N(C)C(=O)[C@@H](NC(=O)[C@H](C(C)C)N(C)C(=O)CNC(=O)CN)C(C)C. The van der Waals surface area contributed by atoms with Gasteiger partial charge in [0.2, 0.25) is 35.4 Å². The van der Waals surface area contributed by atoms with Crippen molar-refractivity contribution in [3.63, 3.8) is 0 Å². The first-order chi connectivity index (χ1) is 27.8. The molecule has 16 nitrogen and oxygen atoms in total. The Morgan fingerprint density at radius 3 is 2.05 bits per heavy atom. The van der Waals surface area contributed by atoms with Gasteiger partial charge < -0.3 is 51.0 Å². The van der Waals surface area contributed by atoms with E-state index in [4.69, 9.17) is 15.2 Å². The summed E-state index contributed by atoms with van der Waals surface area (Å²) in [6.45, 7) is 14.6. The minimum absolute atomic E-state index is 0.0430. The van der Waals surface area contributed by atoms with Crippen LogP contribution in [0.15, 0.2) is 30.3 Å². The molecule has 0 spiro atoms. The second-order valence-electron chi connectivity index (χ2n) is 16.6. The first kappa shape index (κ1) is 51.0. The average Bonchev–Trinajstić information content (AvgIpc) is 3.70. The van der Waals surface area contributed by atoms with E-state index in [-0.39, 0.29) is 55.0 Å². The van der Waals surface area contributed by atoms with Gasteiger partial charge in [0.05, 0.1) is 61.9 Å². The van der Waals surface area contributed by atoms with Gasteiger partial charge in [-0.05, 0) is 43.1 Å². The first-order valence-electron chi connectivity index (χ1n) is 20.9. The highest BCUT2D eigenvalue weighted by molar-refractivity contribution is 5.93. The van der Waals surface area contributed by atoms with Crippen LogP contribution in [0.2, 0.25) is 0 Å². The monoisotopic (exact) mass is 832 g/mol. The number of nitrogens with two attached hydrogens (primary N) is 1. The minimum atomic E-state index is -0.969. The number of aliphatic hydroxyl groups excluding tert-OH is 1. The lowest BCUT2D eigenvalue weighted by Gasteiger charge is -2.41. The molecule has 1 fully saturated rings. The largest absolute Gasteiger partial charge is 0.386 e. The summed E-state index contributed by atoms with van der Waals surface area (Å²) in [5, 5.41) is 19.1. The van der Waals surface area contributed by atoms with Crippen molar-refractivity contribution in [3.8, 4) is 0 Å². The Kier molecular flexibility index (Phi) is 20.9. The molecule has 2 rings (SSSR count). The van der Waals surface area contributed by atoms with Crippen LogP contribution in [0.5, 0.6) is 0 Å². The number of nitrogens with zero attached hydrogens (tertiary/aromatic N) is 3. The predicted molar refractivity (Wildman–Crippen MR) is 225 cm³/mol. The van der Waals surface area contributed by atoms with E-state index in [1.54, 1.807) is 56.7 Å². The second kappa shape index (κ2) is 24.2. The number of nitrogens with one attached hydrogen (secondary N) is 3. The van der Waals surface area contributed by atoms with E-state index in [0.29, 0.717) is 24.9 Å². The molecule has 1 aliphatic rings. The second-order valence-corrected chi connectivity index (χ2v) is 16.6. The molecule has 0 aliphatic carbocycles. The lowest BCUT2D eigenvalue weighted by atomic mass is 9.89. The van der Waals surface area contributed by atoms with Crippen molar-refractivity contribution in [2.24, 2.45) is 29.4 Å². The summed E-state index contributed by atoms with van der Waals surface area (Å²) in [6, 6.07) is 5.68. The molecule has 0 bridgehead atoms. The van der Waals surface area contributed by atoms with Crippen LogP contribution >= 0.6 is 0 Å². The summed E-state index contributed by atoms with van der Waals surface area (Å²) < 4.78 is 11.9. The van der Waals surface area contributed by atoms with Crippen LogP contribution < -0.4 is 21.7 Å². The Labute approximate surface area is 351 Å². The van der Waals surface area contributed by atoms with Crippen LogP contribution in [0, 0.1) is 23.7 Å². The average molecular weight is 832 g/mol. The number of carbonyl (C=O) groups excluding carboxylic acids is 6.